The maximum absolute atomic E-state index is 9.42. The Hall–Kier alpha value is -3.41. The van der Waals surface area contributed by atoms with E-state index in [1.165, 1.54) is 12.8 Å². The van der Waals surface area contributed by atoms with Gasteiger partial charge in [0.2, 0.25) is 5.88 Å². The molecule has 2 fully saturated rings. The van der Waals surface area contributed by atoms with Crippen LogP contribution in [0.15, 0.2) is 47.0 Å². The molecule has 33 heavy (non-hydrogen) atoms. The van der Waals surface area contributed by atoms with Gasteiger partial charge in [-0.15, -0.1) is 0 Å². The SMILES string of the molecule is C=N/C(=C\C=C(/C)CC1(N)COC1)c1ccc(C#N)cc1Oc1cc(N2CCCC2)nn1C. The number of aromatic nitrogens is 2. The molecule has 0 amide bonds. The summed E-state index contributed by atoms with van der Waals surface area (Å²) in [5, 5.41) is 14.0. The molecular weight excluding hydrogens is 416 g/mol. The van der Waals surface area contributed by atoms with Crippen molar-refractivity contribution in [3.8, 4) is 17.7 Å². The fourth-order valence-electron chi connectivity index (χ4n) is 4.16. The Labute approximate surface area is 194 Å². The lowest BCUT2D eigenvalue weighted by Crippen LogP contribution is -2.57. The topological polar surface area (TPSA) is 102 Å². The molecule has 1 aromatic carbocycles. The summed E-state index contributed by atoms with van der Waals surface area (Å²) >= 11 is 0. The van der Waals surface area contributed by atoms with E-state index in [0.29, 0.717) is 36.1 Å². The van der Waals surface area contributed by atoms with Crippen molar-refractivity contribution < 1.29 is 9.47 Å². The lowest BCUT2D eigenvalue weighted by atomic mass is 9.90. The summed E-state index contributed by atoms with van der Waals surface area (Å²) in [7, 11) is 1.85. The Bertz CT molecular complexity index is 1130. The second kappa shape index (κ2) is 9.61. The van der Waals surface area contributed by atoms with Crippen molar-refractivity contribution in [3.63, 3.8) is 0 Å². The second-order valence-corrected chi connectivity index (χ2v) is 8.84. The van der Waals surface area contributed by atoms with Crippen LogP contribution in [0, 0.1) is 11.3 Å². The number of allylic oxidation sites excluding steroid dienone is 2. The third kappa shape index (κ3) is 5.16. The first-order valence-corrected chi connectivity index (χ1v) is 11.1. The standard InChI is InChI=1S/C25H30N6O2/c1-18(14-25(27)16-32-17-25)6-9-21(28-2)20-8-7-19(15-26)12-22(20)33-24-13-23(29-30(24)3)31-10-4-5-11-31/h6-9,12-13H,2,4-5,10-11,14,16-17,27H2,1,3H3/b18-6+,21-9-. The number of anilines is 1. The highest BCUT2D eigenvalue weighted by Crippen LogP contribution is 2.34. The Morgan fingerprint density at radius 3 is 2.73 bits per heavy atom. The molecule has 2 aromatic rings. The van der Waals surface area contributed by atoms with Gasteiger partial charge >= 0.3 is 0 Å². The van der Waals surface area contributed by atoms with Crippen LogP contribution in [0.1, 0.15) is 37.3 Å². The Balaban J connectivity index is 1.62. The molecule has 3 heterocycles. The molecule has 0 radical (unpaired) electrons. The highest BCUT2D eigenvalue weighted by molar-refractivity contribution is 5.74. The fraction of sp³-hybridized carbons (Fsp3) is 0.400. The summed E-state index contributed by atoms with van der Waals surface area (Å²) in [5.41, 5.74) is 9.00. The van der Waals surface area contributed by atoms with Crippen molar-refractivity contribution in [3.05, 3.63) is 53.1 Å². The van der Waals surface area contributed by atoms with Gasteiger partial charge in [0.25, 0.3) is 0 Å². The van der Waals surface area contributed by atoms with Crippen LogP contribution in [-0.4, -0.2) is 48.3 Å². The molecule has 0 saturated carbocycles. The highest BCUT2D eigenvalue weighted by atomic mass is 16.5. The number of aryl methyl sites for hydroxylation is 1. The molecule has 0 spiro atoms. The zero-order chi connectivity index (χ0) is 23.4. The van der Waals surface area contributed by atoms with Crippen molar-refractivity contribution in [2.24, 2.45) is 17.8 Å². The Morgan fingerprint density at radius 2 is 2.09 bits per heavy atom. The van der Waals surface area contributed by atoms with Gasteiger partial charge in [-0.2, -0.15) is 10.4 Å². The van der Waals surface area contributed by atoms with E-state index < -0.39 is 0 Å². The predicted molar refractivity (Wildman–Crippen MR) is 130 cm³/mol. The molecule has 2 aliphatic rings. The lowest BCUT2D eigenvalue weighted by molar-refractivity contribution is -0.0528. The quantitative estimate of drug-likeness (QED) is 0.489. The molecule has 0 aliphatic carbocycles. The normalized spacial score (nSPS) is 18.1. The molecular formula is C25H30N6O2. The van der Waals surface area contributed by atoms with Crippen LogP contribution < -0.4 is 15.4 Å². The minimum atomic E-state index is -0.286. The summed E-state index contributed by atoms with van der Waals surface area (Å²) in [5.74, 6) is 2.02. The third-order valence-electron chi connectivity index (χ3n) is 5.96. The van der Waals surface area contributed by atoms with Gasteiger partial charge in [-0.05, 0) is 57.2 Å². The average Bonchev–Trinajstić information content (AvgIpc) is 3.44. The van der Waals surface area contributed by atoms with Crippen LogP contribution in [0.2, 0.25) is 0 Å². The van der Waals surface area contributed by atoms with E-state index in [2.05, 4.69) is 27.8 Å². The summed E-state index contributed by atoms with van der Waals surface area (Å²) < 4.78 is 13.2. The molecule has 2 N–H and O–H groups in total. The van der Waals surface area contributed by atoms with Crippen molar-refractivity contribution >= 4 is 18.2 Å². The van der Waals surface area contributed by atoms with Gasteiger partial charge in [-0.25, -0.2) is 4.68 Å². The van der Waals surface area contributed by atoms with Crippen molar-refractivity contribution in [1.29, 1.82) is 5.26 Å². The molecule has 0 bridgehead atoms. The first kappa shape index (κ1) is 22.8. The summed E-state index contributed by atoms with van der Waals surface area (Å²) in [6, 6.07) is 9.41. The van der Waals surface area contributed by atoms with Gasteiger partial charge in [0.15, 0.2) is 5.82 Å². The maximum atomic E-state index is 9.42. The minimum Gasteiger partial charge on any atom is -0.438 e. The molecule has 4 rings (SSSR count). The van der Waals surface area contributed by atoms with E-state index in [4.69, 9.17) is 15.2 Å². The fourth-order valence-corrected chi connectivity index (χ4v) is 4.16. The van der Waals surface area contributed by atoms with Crippen LogP contribution in [0.4, 0.5) is 5.82 Å². The van der Waals surface area contributed by atoms with E-state index >= 15 is 0 Å². The number of ether oxygens (including phenoxy) is 2. The van der Waals surface area contributed by atoms with Crippen LogP contribution in [0.5, 0.6) is 11.6 Å². The van der Waals surface area contributed by atoms with Crippen molar-refractivity contribution in [1.82, 2.24) is 9.78 Å². The van der Waals surface area contributed by atoms with E-state index in [0.717, 1.165) is 36.5 Å². The van der Waals surface area contributed by atoms with E-state index in [1.54, 1.807) is 16.8 Å². The monoisotopic (exact) mass is 446 g/mol. The van der Waals surface area contributed by atoms with Gasteiger partial charge in [-0.1, -0.05) is 11.6 Å². The van der Waals surface area contributed by atoms with Gasteiger partial charge in [0, 0.05) is 31.8 Å². The summed E-state index contributed by atoms with van der Waals surface area (Å²) in [6.45, 7) is 8.94. The predicted octanol–water partition coefficient (Wildman–Crippen LogP) is 3.79. The number of nitrogens with two attached hydrogens (primary N) is 1. The first-order valence-electron chi connectivity index (χ1n) is 11.1. The van der Waals surface area contributed by atoms with Crippen LogP contribution in [0.3, 0.4) is 0 Å². The van der Waals surface area contributed by atoms with Gasteiger partial charge in [0.1, 0.15) is 5.75 Å². The zero-order valence-electron chi connectivity index (χ0n) is 19.3. The van der Waals surface area contributed by atoms with Crippen molar-refractivity contribution in [2.45, 2.75) is 31.7 Å². The highest BCUT2D eigenvalue weighted by Gasteiger charge is 2.33. The molecule has 172 valence electrons. The van der Waals surface area contributed by atoms with Gasteiger partial charge in [0.05, 0.1) is 36.1 Å². The number of hydrogen-bond donors (Lipinski definition) is 1. The van der Waals surface area contributed by atoms with Gasteiger partial charge in [-0.3, -0.25) is 4.99 Å². The summed E-state index contributed by atoms with van der Waals surface area (Å²) in [4.78, 5) is 6.48. The minimum absolute atomic E-state index is 0.286. The van der Waals surface area contributed by atoms with Crippen LogP contribution >= 0.6 is 0 Å². The summed E-state index contributed by atoms with van der Waals surface area (Å²) in [6.07, 6.45) is 6.99. The molecule has 2 aliphatic heterocycles. The molecule has 0 unspecified atom stereocenters. The Kier molecular flexibility index (Phi) is 6.63. The Morgan fingerprint density at radius 1 is 1.33 bits per heavy atom. The number of nitriles is 1. The first-order chi connectivity index (χ1) is 15.9. The number of hydrogen-bond acceptors (Lipinski definition) is 7. The number of nitrogens with zero attached hydrogens (tertiary/aromatic N) is 5. The lowest BCUT2D eigenvalue weighted by Gasteiger charge is -2.38. The van der Waals surface area contributed by atoms with E-state index in [-0.39, 0.29) is 5.54 Å². The van der Waals surface area contributed by atoms with Crippen LogP contribution in [-0.2, 0) is 11.8 Å². The largest absolute Gasteiger partial charge is 0.438 e. The third-order valence-corrected chi connectivity index (χ3v) is 5.96. The molecule has 0 atom stereocenters. The molecule has 8 heteroatoms. The van der Waals surface area contributed by atoms with Crippen LogP contribution in [0.25, 0.3) is 5.70 Å². The smallest absolute Gasteiger partial charge is 0.219 e. The molecule has 8 nitrogen and oxygen atoms in total. The maximum Gasteiger partial charge on any atom is 0.219 e. The molecule has 1 aromatic heterocycles. The second-order valence-electron chi connectivity index (χ2n) is 8.84. The van der Waals surface area contributed by atoms with Gasteiger partial charge < -0.3 is 20.1 Å². The molecule has 2 saturated heterocycles. The average molecular weight is 447 g/mol. The number of benzene rings is 1. The van der Waals surface area contributed by atoms with E-state index in [9.17, 15) is 5.26 Å². The zero-order valence-corrected chi connectivity index (χ0v) is 19.3. The number of aliphatic imine (C=N–C) groups is 1. The van der Waals surface area contributed by atoms with E-state index in [1.807, 2.05) is 38.3 Å². The van der Waals surface area contributed by atoms with Crippen molar-refractivity contribution in [2.75, 3.05) is 31.2 Å². The number of rotatable bonds is 8.